The van der Waals surface area contributed by atoms with Gasteiger partial charge in [0, 0.05) is 23.0 Å². The maximum Gasteiger partial charge on any atom is 0.251 e. The summed E-state index contributed by atoms with van der Waals surface area (Å²) in [5, 5.41) is 18.5. The number of aromatic nitrogens is 7. The Bertz CT molecular complexity index is 1070. The molecule has 4 rings (SSSR count). The number of tetrazole rings is 1. The fraction of sp³-hybridized carbons (Fsp3) is 0.158. The minimum absolute atomic E-state index is 0.166. The van der Waals surface area contributed by atoms with Gasteiger partial charge in [-0.1, -0.05) is 6.07 Å². The van der Waals surface area contributed by atoms with Crippen LogP contribution in [-0.4, -0.2) is 40.9 Å². The fourth-order valence-electron chi connectivity index (χ4n) is 2.96. The number of hydrogen-bond acceptors (Lipinski definition) is 6. The van der Waals surface area contributed by atoms with Crippen LogP contribution in [0.1, 0.15) is 34.6 Å². The Balaban J connectivity index is 1.48. The van der Waals surface area contributed by atoms with E-state index in [1.54, 1.807) is 41.3 Å². The van der Waals surface area contributed by atoms with Crippen LogP contribution in [0.5, 0.6) is 0 Å². The van der Waals surface area contributed by atoms with Gasteiger partial charge in [-0.3, -0.25) is 4.79 Å². The molecule has 1 aromatic carbocycles. The molecule has 1 atom stereocenters. The van der Waals surface area contributed by atoms with Gasteiger partial charge in [-0.05, 0) is 60.7 Å². The molecular formula is C19H18N8O. The van der Waals surface area contributed by atoms with Crippen LogP contribution in [0.15, 0.2) is 61.2 Å². The molecule has 0 saturated heterocycles. The molecule has 0 aliphatic heterocycles. The summed E-state index contributed by atoms with van der Waals surface area (Å²) in [6.45, 7) is 3.89. The Morgan fingerprint density at radius 2 is 1.96 bits per heavy atom. The van der Waals surface area contributed by atoms with E-state index in [-0.39, 0.29) is 11.9 Å². The molecule has 0 saturated carbocycles. The van der Waals surface area contributed by atoms with Gasteiger partial charge in [-0.15, -0.1) is 5.10 Å². The summed E-state index contributed by atoms with van der Waals surface area (Å²) in [7, 11) is 0. The average Bonchev–Trinajstić information content (AvgIpc) is 3.39. The van der Waals surface area contributed by atoms with Crippen LogP contribution < -0.4 is 5.32 Å². The van der Waals surface area contributed by atoms with Crippen molar-refractivity contribution in [1.29, 1.82) is 0 Å². The van der Waals surface area contributed by atoms with Crippen LogP contribution in [0.3, 0.4) is 0 Å². The number of amides is 1. The maximum absolute atomic E-state index is 12.6. The highest BCUT2D eigenvalue weighted by Crippen LogP contribution is 2.20. The Labute approximate surface area is 161 Å². The molecule has 0 aliphatic rings. The Morgan fingerprint density at radius 1 is 1.14 bits per heavy atom. The van der Waals surface area contributed by atoms with Crippen molar-refractivity contribution in [2.24, 2.45) is 0 Å². The van der Waals surface area contributed by atoms with Crippen LogP contribution in [0.2, 0.25) is 0 Å². The molecule has 0 spiro atoms. The molecule has 0 aliphatic carbocycles. The van der Waals surface area contributed by atoms with Gasteiger partial charge < -0.3 is 5.32 Å². The van der Waals surface area contributed by atoms with Crippen LogP contribution in [0, 0.1) is 6.92 Å². The second kappa shape index (κ2) is 7.39. The van der Waals surface area contributed by atoms with Gasteiger partial charge in [-0.2, -0.15) is 5.10 Å². The second-order valence-corrected chi connectivity index (χ2v) is 6.28. The first kappa shape index (κ1) is 17.5. The summed E-state index contributed by atoms with van der Waals surface area (Å²) in [6, 6.07) is 12.5. The predicted molar refractivity (Wildman–Crippen MR) is 101 cm³/mol. The number of nitrogens with zero attached hydrogens (tertiary/aromatic N) is 7. The van der Waals surface area contributed by atoms with Crippen molar-refractivity contribution in [3.05, 3.63) is 78.0 Å². The summed E-state index contributed by atoms with van der Waals surface area (Å²) in [6.07, 6.45) is 4.98. The van der Waals surface area contributed by atoms with Crippen LogP contribution in [-0.2, 0) is 0 Å². The summed E-state index contributed by atoms with van der Waals surface area (Å²) in [5.41, 5.74) is 3.20. The molecule has 9 heteroatoms. The third-order valence-corrected chi connectivity index (χ3v) is 4.47. The van der Waals surface area contributed by atoms with E-state index in [1.807, 2.05) is 32.0 Å². The van der Waals surface area contributed by atoms with Gasteiger partial charge in [0.25, 0.3) is 5.91 Å². The second-order valence-electron chi connectivity index (χ2n) is 6.28. The monoisotopic (exact) mass is 374 g/mol. The Hall–Kier alpha value is -3.88. The zero-order valence-corrected chi connectivity index (χ0v) is 15.4. The fourth-order valence-corrected chi connectivity index (χ4v) is 2.96. The minimum atomic E-state index is -0.204. The zero-order chi connectivity index (χ0) is 19.5. The van der Waals surface area contributed by atoms with Crippen molar-refractivity contribution in [2.75, 3.05) is 0 Å². The first-order chi connectivity index (χ1) is 13.6. The van der Waals surface area contributed by atoms with Crippen LogP contribution in [0.25, 0.3) is 11.5 Å². The predicted octanol–water partition coefficient (Wildman–Crippen LogP) is 2.04. The number of rotatable bonds is 5. The lowest BCUT2D eigenvalue weighted by Gasteiger charge is -2.14. The maximum atomic E-state index is 12.6. The number of carbonyl (C=O) groups excluding carboxylic acids is 1. The molecule has 0 radical (unpaired) electrons. The summed E-state index contributed by atoms with van der Waals surface area (Å²) >= 11 is 0. The molecular weight excluding hydrogens is 356 g/mol. The van der Waals surface area contributed by atoms with Crippen molar-refractivity contribution >= 4 is 5.91 Å². The topological polar surface area (TPSA) is 103 Å². The number of pyridine rings is 1. The zero-order valence-electron chi connectivity index (χ0n) is 15.4. The van der Waals surface area contributed by atoms with E-state index in [2.05, 4.69) is 30.9 Å². The summed E-state index contributed by atoms with van der Waals surface area (Å²) in [5.74, 6) is 0.573. The van der Waals surface area contributed by atoms with Gasteiger partial charge >= 0.3 is 0 Å². The van der Waals surface area contributed by atoms with Crippen molar-refractivity contribution in [3.8, 4) is 11.5 Å². The highest BCUT2D eigenvalue weighted by atomic mass is 16.1. The molecule has 9 nitrogen and oxygen atoms in total. The third-order valence-electron chi connectivity index (χ3n) is 4.47. The first-order valence-electron chi connectivity index (χ1n) is 8.73. The third kappa shape index (κ3) is 3.37. The molecule has 1 N–H and O–H groups in total. The lowest BCUT2D eigenvalue weighted by molar-refractivity contribution is 0.0940. The van der Waals surface area contributed by atoms with E-state index in [4.69, 9.17) is 0 Å². The summed E-state index contributed by atoms with van der Waals surface area (Å²) < 4.78 is 3.29. The van der Waals surface area contributed by atoms with Gasteiger partial charge in [0.2, 0.25) is 0 Å². The molecule has 0 fully saturated rings. The SMILES string of the molecule is Cc1c(C(C)NC(=O)c2ccc(-n3cnnn3)cc2)cnn1-c1ccccn1. The number of nitrogens with one attached hydrogen (secondary N) is 1. The van der Waals surface area contributed by atoms with E-state index in [0.29, 0.717) is 5.56 Å². The summed E-state index contributed by atoms with van der Waals surface area (Å²) in [4.78, 5) is 16.9. The highest BCUT2D eigenvalue weighted by Gasteiger charge is 2.17. The van der Waals surface area contributed by atoms with Gasteiger partial charge in [0.1, 0.15) is 6.33 Å². The molecule has 1 amide bonds. The lowest BCUT2D eigenvalue weighted by atomic mass is 10.1. The van der Waals surface area contributed by atoms with Crippen molar-refractivity contribution in [2.45, 2.75) is 19.9 Å². The van der Waals surface area contributed by atoms with E-state index in [9.17, 15) is 4.79 Å². The number of benzene rings is 1. The minimum Gasteiger partial charge on any atom is -0.345 e. The Kier molecular flexibility index (Phi) is 4.63. The normalized spacial score (nSPS) is 11.9. The van der Waals surface area contributed by atoms with Crippen LogP contribution in [0.4, 0.5) is 0 Å². The Morgan fingerprint density at radius 3 is 2.64 bits per heavy atom. The molecule has 3 aromatic heterocycles. The van der Waals surface area contributed by atoms with Gasteiger partial charge in [-0.25, -0.2) is 14.3 Å². The van der Waals surface area contributed by atoms with E-state index in [0.717, 1.165) is 22.8 Å². The first-order valence-corrected chi connectivity index (χ1v) is 8.73. The van der Waals surface area contributed by atoms with Crippen molar-refractivity contribution in [3.63, 3.8) is 0 Å². The largest absolute Gasteiger partial charge is 0.345 e. The number of carbonyl (C=O) groups is 1. The highest BCUT2D eigenvalue weighted by molar-refractivity contribution is 5.94. The van der Waals surface area contributed by atoms with Gasteiger partial charge in [0.05, 0.1) is 17.9 Å². The average molecular weight is 374 g/mol. The quantitative estimate of drug-likeness (QED) is 0.573. The molecule has 28 heavy (non-hydrogen) atoms. The van der Waals surface area contributed by atoms with E-state index in [1.165, 1.54) is 11.0 Å². The molecule has 4 aromatic rings. The van der Waals surface area contributed by atoms with E-state index >= 15 is 0 Å². The molecule has 1 unspecified atom stereocenters. The molecule has 140 valence electrons. The van der Waals surface area contributed by atoms with E-state index < -0.39 is 0 Å². The molecule has 3 heterocycles. The van der Waals surface area contributed by atoms with Gasteiger partial charge in [0.15, 0.2) is 5.82 Å². The lowest BCUT2D eigenvalue weighted by Crippen LogP contribution is -2.27. The van der Waals surface area contributed by atoms with Crippen molar-refractivity contribution in [1.82, 2.24) is 40.3 Å². The van der Waals surface area contributed by atoms with Crippen molar-refractivity contribution < 1.29 is 4.79 Å². The number of hydrogen-bond donors (Lipinski definition) is 1. The molecule has 0 bridgehead atoms. The van der Waals surface area contributed by atoms with Crippen LogP contribution >= 0.6 is 0 Å². The smallest absolute Gasteiger partial charge is 0.251 e. The standard InChI is InChI=1S/C19H18N8O/c1-13(17-11-22-27(14(17)2)18-5-3-4-10-20-18)23-19(28)15-6-8-16(9-7-15)26-12-21-24-25-26/h3-13H,1-2H3,(H,23,28).